The average molecular weight is 290 g/mol. The largest absolute Gasteiger partial charge is 0.370 e. The van der Waals surface area contributed by atoms with E-state index < -0.39 is 0 Å². The lowest BCUT2D eigenvalue weighted by Gasteiger charge is -2.16. The SMILES string of the molecule is CCCCCN(C)Cc1nc(NCC)c2cnn(C)c2n1. The number of fused-ring (bicyclic) bond motifs is 1. The van der Waals surface area contributed by atoms with E-state index in [4.69, 9.17) is 0 Å². The van der Waals surface area contributed by atoms with E-state index in [2.05, 4.69) is 46.2 Å². The van der Waals surface area contributed by atoms with Crippen molar-refractivity contribution in [2.45, 2.75) is 39.7 Å². The Labute approximate surface area is 126 Å². The van der Waals surface area contributed by atoms with Gasteiger partial charge in [0.15, 0.2) is 5.65 Å². The first kappa shape index (κ1) is 15.7. The van der Waals surface area contributed by atoms with Crippen LogP contribution in [0.2, 0.25) is 0 Å². The summed E-state index contributed by atoms with van der Waals surface area (Å²) >= 11 is 0. The molecule has 0 unspecified atom stereocenters. The van der Waals surface area contributed by atoms with Crippen LogP contribution in [0.5, 0.6) is 0 Å². The van der Waals surface area contributed by atoms with Gasteiger partial charge in [0.05, 0.1) is 18.1 Å². The summed E-state index contributed by atoms with van der Waals surface area (Å²) in [6.07, 6.45) is 5.56. The molecular weight excluding hydrogens is 264 g/mol. The summed E-state index contributed by atoms with van der Waals surface area (Å²) in [5.74, 6) is 1.73. The Morgan fingerprint density at radius 2 is 2.05 bits per heavy atom. The summed E-state index contributed by atoms with van der Waals surface area (Å²) in [5.41, 5.74) is 0.887. The fourth-order valence-corrected chi connectivity index (χ4v) is 2.39. The van der Waals surface area contributed by atoms with Gasteiger partial charge in [-0.2, -0.15) is 5.10 Å². The molecule has 21 heavy (non-hydrogen) atoms. The smallest absolute Gasteiger partial charge is 0.163 e. The highest BCUT2D eigenvalue weighted by Gasteiger charge is 2.12. The summed E-state index contributed by atoms with van der Waals surface area (Å²) in [5, 5.41) is 8.57. The van der Waals surface area contributed by atoms with Crippen LogP contribution in [0.15, 0.2) is 6.20 Å². The summed E-state index contributed by atoms with van der Waals surface area (Å²) < 4.78 is 1.80. The molecule has 6 heteroatoms. The van der Waals surface area contributed by atoms with Crippen LogP contribution >= 0.6 is 0 Å². The number of aromatic nitrogens is 4. The molecule has 0 aliphatic heterocycles. The third-order valence-corrected chi connectivity index (χ3v) is 3.54. The van der Waals surface area contributed by atoms with Crippen LogP contribution in [0.25, 0.3) is 11.0 Å². The minimum Gasteiger partial charge on any atom is -0.370 e. The first-order chi connectivity index (χ1) is 10.2. The first-order valence-electron chi connectivity index (χ1n) is 7.76. The molecule has 0 radical (unpaired) electrons. The maximum atomic E-state index is 4.65. The lowest BCUT2D eigenvalue weighted by Crippen LogP contribution is -2.21. The Bertz CT molecular complexity index is 577. The Balaban J connectivity index is 2.17. The van der Waals surface area contributed by atoms with Crippen molar-refractivity contribution in [1.82, 2.24) is 24.6 Å². The van der Waals surface area contributed by atoms with E-state index in [0.29, 0.717) is 0 Å². The van der Waals surface area contributed by atoms with Crippen molar-refractivity contribution in [3.63, 3.8) is 0 Å². The third kappa shape index (κ3) is 3.91. The third-order valence-electron chi connectivity index (χ3n) is 3.54. The second-order valence-corrected chi connectivity index (χ2v) is 5.47. The fourth-order valence-electron chi connectivity index (χ4n) is 2.39. The molecule has 0 aromatic carbocycles. The van der Waals surface area contributed by atoms with E-state index in [1.165, 1.54) is 19.3 Å². The van der Waals surface area contributed by atoms with E-state index in [1.54, 1.807) is 4.68 Å². The van der Waals surface area contributed by atoms with Crippen molar-refractivity contribution in [3.8, 4) is 0 Å². The number of aryl methyl sites for hydroxylation is 1. The molecule has 0 aliphatic carbocycles. The van der Waals surface area contributed by atoms with Gasteiger partial charge < -0.3 is 5.32 Å². The Morgan fingerprint density at radius 3 is 2.76 bits per heavy atom. The quantitative estimate of drug-likeness (QED) is 0.757. The molecule has 0 fully saturated rings. The predicted octanol–water partition coefficient (Wildman–Crippen LogP) is 2.42. The van der Waals surface area contributed by atoms with Crippen molar-refractivity contribution in [1.29, 1.82) is 0 Å². The van der Waals surface area contributed by atoms with Crippen LogP contribution in [-0.4, -0.2) is 44.8 Å². The summed E-state index contributed by atoms with van der Waals surface area (Å²) in [6, 6.07) is 0. The van der Waals surface area contributed by atoms with Gasteiger partial charge in [-0.05, 0) is 26.9 Å². The second kappa shape index (κ2) is 7.36. The molecule has 6 nitrogen and oxygen atoms in total. The summed E-state index contributed by atoms with van der Waals surface area (Å²) in [7, 11) is 4.04. The Hall–Kier alpha value is -1.69. The monoisotopic (exact) mass is 290 g/mol. The van der Waals surface area contributed by atoms with Crippen molar-refractivity contribution in [2.24, 2.45) is 7.05 Å². The maximum absolute atomic E-state index is 4.65. The van der Waals surface area contributed by atoms with Gasteiger partial charge in [0.1, 0.15) is 11.6 Å². The summed E-state index contributed by atoms with van der Waals surface area (Å²) in [6.45, 7) is 6.98. The number of unbranched alkanes of at least 4 members (excludes halogenated alkanes) is 2. The molecule has 0 atom stereocenters. The van der Waals surface area contributed by atoms with Crippen LogP contribution in [0.4, 0.5) is 5.82 Å². The molecular formula is C15H26N6. The number of hydrogen-bond acceptors (Lipinski definition) is 5. The number of nitrogens with one attached hydrogen (secondary N) is 1. The minimum absolute atomic E-state index is 0.767. The van der Waals surface area contributed by atoms with Gasteiger partial charge in [-0.25, -0.2) is 9.97 Å². The molecule has 2 heterocycles. The van der Waals surface area contributed by atoms with Crippen LogP contribution in [0.1, 0.15) is 38.9 Å². The molecule has 1 N–H and O–H groups in total. The fraction of sp³-hybridized carbons (Fsp3) is 0.667. The number of nitrogens with zero attached hydrogens (tertiary/aromatic N) is 5. The molecule has 0 bridgehead atoms. The van der Waals surface area contributed by atoms with Gasteiger partial charge in [0, 0.05) is 13.6 Å². The number of anilines is 1. The zero-order chi connectivity index (χ0) is 15.2. The van der Waals surface area contributed by atoms with Crippen LogP contribution < -0.4 is 5.32 Å². The molecule has 2 aromatic heterocycles. The van der Waals surface area contributed by atoms with Gasteiger partial charge in [0.25, 0.3) is 0 Å². The van der Waals surface area contributed by atoms with Gasteiger partial charge in [0.2, 0.25) is 0 Å². The van der Waals surface area contributed by atoms with Gasteiger partial charge in [-0.1, -0.05) is 19.8 Å². The highest BCUT2D eigenvalue weighted by atomic mass is 15.3. The van der Waals surface area contributed by atoms with Gasteiger partial charge in [-0.3, -0.25) is 9.58 Å². The first-order valence-corrected chi connectivity index (χ1v) is 7.76. The lowest BCUT2D eigenvalue weighted by atomic mass is 10.2. The topological polar surface area (TPSA) is 58.9 Å². The maximum Gasteiger partial charge on any atom is 0.163 e. The Morgan fingerprint density at radius 1 is 1.24 bits per heavy atom. The Kier molecular flexibility index (Phi) is 5.50. The lowest BCUT2D eigenvalue weighted by molar-refractivity contribution is 0.310. The molecule has 2 aromatic rings. The number of rotatable bonds is 8. The van der Waals surface area contributed by atoms with E-state index in [9.17, 15) is 0 Å². The average Bonchev–Trinajstić information content (AvgIpc) is 2.81. The second-order valence-electron chi connectivity index (χ2n) is 5.47. The molecule has 0 aliphatic rings. The summed E-state index contributed by atoms with van der Waals surface area (Å²) in [4.78, 5) is 11.6. The van der Waals surface area contributed by atoms with Crippen molar-refractivity contribution in [3.05, 3.63) is 12.0 Å². The zero-order valence-corrected chi connectivity index (χ0v) is 13.6. The van der Waals surface area contributed by atoms with Gasteiger partial charge >= 0.3 is 0 Å². The highest BCUT2D eigenvalue weighted by Crippen LogP contribution is 2.19. The molecule has 2 rings (SSSR count). The van der Waals surface area contributed by atoms with Gasteiger partial charge in [-0.15, -0.1) is 0 Å². The minimum atomic E-state index is 0.767. The molecule has 116 valence electrons. The number of hydrogen-bond donors (Lipinski definition) is 1. The predicted molar refractivity (Wildman–Crippen MR) is 86.3 cm³/mol. The van der Waals surface area contributed by atoms with Crippen LogP contribution in [-0.2, 0) is 13.6 Å². The molecule has 0 saturated heterocycles. The zero-order valence-electron chi connectivity index (χ0n) is 13.6. The molecule has 0 amide bonds. The van der Waals surface area contributed by atoms with Crippen LogP contribution in [0, 0.1) is 0 Å². The van der Waals surface area contributed by atoms with E-state index >= 15 is 0 Å². The molecule has 0 saturated carbocycles. The van der Waals surface area contributed by atoms with Crippen LogP contribution in [0.3, 0.4) is 0 Å². The van der Waals surface area contributed by atoms with Crippen molar-refractivity contribution < 1.29 is 0 Å². The normalized spacial score (nSPS) is 11.5. The van der Waals surface area contributed by atoms with Crippen molar-refractivity contribution >= 4 is 16.9 Å². The van der Waals surface area contributed by atoms with E-state index in [1.807, 2.05) is 13.2 Å². The molecule has 0 spiro atoms. The van der Waals surface area contributed by atoms with E-state index in [0.717, 1.165) is 42.3 Å². The van der Waals surface area contributed by atoms with Crippen molar-refractivity contribution in [2.75, 3.05) is 25.5 Å². The highest BCUT2D eigenvalue weighted by molar-refractivity contribution is 5.86. The van der Waals surface area contributed by atoms with E-state index in [-0.39, 0.29) is 0 Å². The standard InChI is InChI=1S/C15H26N6/c1-5-7-8-9-20(3)11-13-18-14(16-6-2)12-10-17-21(4)15(12)19-13/h10H,5-9,11H2,1-4H3,(H,16,18,19).